The van der Waals surface area contributed by atoms with Crippen molar-refractivity contribution < 1.29 is 21.6 Å². The Morgan fingerprint density at radius 1 is 0.735 bits per heavy atom. The summed E-state index contributed by atoms with van der Waals surface area (Å²) in [6.07, 6.45) is 6.81. The van der Waals surface area contributed by atoms with Crippen LogP contribution in [0.5, 0.6) is 5.75 Å². The summed E-state index contributed by atoms with van der Waals surface area (Å²) in [6.45, 7) is 4.24. The van der Waals surface area contributed by atoms with Gasteiger partial charge in [0.15, 0.2) is 0 Å². The van der Waals surface area contributed by atoms with Gasteiger partial charge in [-0.15, -0.1) is 0 Å². The number of nitrogens with one attached hydrogen (secondary N) is 2. The number of ether oxygens (including phenoxy) is 1. The van der Waals surface area contributed by atoms with E-state index in [1.165, 1.54) is 15.2 Å². The van der Waals surface area contributed by atoms with Crippen molar-refractivity contribution in [3.8, 4) is 17.1 Å². The molecule has 20 heteroatoms. The highest BCUT2D eigenvalue weighted by Gasteiger charge is 2.39. The predicted molar refractivity (Wildman–Crippen MR) is 269 cm³/mol. The molecule has 2 saturated heterocycles. The van der Waals surface area contributed by atoms with E-state index in [-0.39, 0.29) is 22.4 Å². The minimum absolute atomic E-state index is 0.0814. The minimum Gasteiger partial charge on any atom is -0.486 e. The van der Waals surface area contributed by atoms with Crippen molar-refractivity contribution in [2.45, 2.75) is 55.9 Å². The van der Waals surface area contributed by atoms with Crippen LogP contribution in [-0.4, -0.2) is 86.7 Å². The fourth-order valence-electron chi connectivity index (χ4n) is 8.25. The van der Waals surface area contributed by atoms with Crippen LogP contribution in [0, 0.1) is 5.41 Å². The molecule has 0 unspecified atom stereocenters. The maximum Gasteiger partial charge on any atom is 0.319 e. The van der Waals surface area contributed by atoms with Gasteiger partial charge in [-0.1, -0.05) is 78.7 Å². The molecule has 1 saturated carbocycles. The van der Waals surface area contributed by atoms with Crippen molar-refractivity contribution in [2.24, 2.45) is 5.41 Å². The molecule has 2 aromatic heterocycles. The molecule has 1 aliphatic carbocycles. The Bertz CT molecular complexity index is 3150. The summed E-state index contributed by atoms with van der Waals surface area (Å²) in [4.78, 5) is 42.7. The summed E-state index contributed by atoms with van der Waals surface area (Å²) in [7, 11) is -5.52. The van der Waals surface area contributed by atoms with Crippen LogP contribution in [0.4, 0.5) is 22.7 Å². The van der Waals surface area contributed by atoms with E-state index in [0.717, 1.165) is 17.5 Å². The topological polar surface area (TPSA) is 189 Å². The van der Waals surface area contributed by atoms with E-state index in [9.17, 15) is 31.2 Å². The van der Waals surface area contributed by atoms with E-state index in [4.69, 9.17) is 27.9 Å². The van der Waals surface area contributed by atoms with Crippen molar-refractivity contribution in [3.63, 3.8) is 0 Å². The fourth-order valence-corrected chi connectivity index (χ4v) is 11.8. The highest BCUT2D eigenvalue weighted by molar-refractivity contribution is 7.93. The van der Waals surface area contributed by atoms with E-state index < -0.39 is 41.5 Å². The Morgan fingerprint density at radius 2 is 1.29 bits per heavy atom. The van der Waals surface area contributed by atoms with Crippen LogP contribution in [0.1, 0.15) is 45.4 Å². The van der Waals surface area contributed by atoms with E-state index in [2.05, 4.69) is 21.8 Å². The Morgan fingerprint density at radius 3 is 1.90 bits per heavy atom. The number of hydrogen-bond donors (Lipinski definition) is 2. The molecule has 2 N–H and O–H groups in total. The monoisotopic (exact) mass is 1000 g/mol. The molecule has 0 atom stereocenters. The van der Waals surface area contributed by atoms with Crippen molar-refractivity contribution in [1.29, 1.82) is 0 Å². The lowest BCUT2D eigenvalue weighted by Gasteiger charge is -2.34. The number of halogens is 2. The average molecular weight is 1000 g/mol. The van der Waals surface area contributed by atoms with Gasteiger partial charge in [-0.3, -0.25) is 28.5 Å². The number of benzene rings is 4. The molecule has 3 aliphatic rings. The van der Waals surface area contributed by atoms with Crippen LogP contribution < -0.4 is 40.1 Å². The third-order valence-electron chi connectivity index (χ3n) is 12.6. The number of para-hydroxylation sites is 2. The molecule has 358 valence electrons. The quantitative estimate of drug-likeness (QED) is 0.112. The van der Waals surface area contributed by atoms with Crippen LogP contribution in [-0.2, 0) is 20.0 Å². The molecular weight excluding hydrogens is 952 g/mol. The smallest absolute Gasteiger partial charge is 0.319 e. The molecule has 16 nitrogen and oxygen atoms in total. The molecule has 0 spiro atoms. The highest BCUT2D eigenvalue weighted by Crippen LogP contribution is 2.45. The molecule has 0 radical (unpaired) electrons. The Hall–Kier alpha value is -6.08. The van der Waals surface area contributed by atoms with Gasteiger partial charge in [-0.25, -0.2) is 21.5 Å². The lowest BCUT2D eigenvalue weighted by Crippen LogP contribution is -2.47. The molecule has 9 rings (SSSR count). The van der Waals surface area contributed by atoms with Crippen molar-refractivity contribution in [2.75, 3.05) is 58.7 Å². The number of piperidine rings is 2. The Kier molecular flexibility index (Phi) is 14.4. The number of rotatable bonds is 13. The predicted octanol–water partition coefficient (Wildman–Crippen LogP) is 7.09. The van der Waals surface area contributed by atoms with Crippen LogP contribution in [0.25, 0.3) is 11.4 Å². The van der Waals surface area contributed by atoms with Gasteiger partial charge in [-0.2, -0.15) is 9.78 Å². The van der Waals surface area contributed by atoms with Gasteiger partial charge < -0.3 is 14.5 Å². The van der Waals surface area contributed by atoms with Crippen molar-refractivity contribution in [3.05, 3.63) is 163 Å². The van der Waals surface area contributed by atoms with Gasteiger partial charge in [-0.05, 0) is 99.2 Å². The zero-order valence-electron chi connectivity index (χ0n) is 37.5. The summed E-state index contributed by atoms with van der Waals surface area (Å²) in [6, 6.07) is 31.4. The standard InChI is InChI=1S/C26H29ClN4O4S.C22H23ClN4O4S/c1-26(12-13-26)18-35-24-23(17-28-31(25(24)32)21-9-5-6-19(27)16-21)30-14-10-22(11-15-30)36(33,34)29-20-7-3-2-4-8-20;1-25(17-7-3-2-4-8-17)32(30,31)19-10-12-26(13-11-19)20-15-24-27(22(29)21(20)28)18-9-5-6-16(23)14-18/h2-9,16-17,22,29H,10-15,18H2,1H3;2-9,14-15,19,24H,10-13H2,1H3. The molecule has 4 aromatic carbocycles. The van der Waals surface area contributed by atoms with Gasteiger partial charge in [0.25, 0.3) is 5.43 Å². The number of sulfonamides is 2. The first-order valence-electron chi connectivity index (χ1n) is 22.2. The summed E-state index contributed by atoms with van der Waals surface area (Å²) in [5.74, 6) is 0.238. The maximum atomic E-state index is 13.5. The lowest BCUT2D eigenvalue weighted by atomic mass is 10.1. The summed E-state index contributed by atoms with van der Waals surface area (Å²) in [5, 5.41) is 7.12. The van der Waals surface area contributed by atoms with E-state index in [0.29, 0.717) is 97.0 Å². The van der Waals surface area contributed by atoms with Gasteiger partial charge in [0.2, 0.25) is 25.8 Å². The molecule has 0 amide bonds. The van der Waals surface area contributed by atoms with Crippen LogP contribution in [0.3, 0.4) is 0 Å². The first kappa shape index (κ1) is 48.4. The molecule has 2 aliphatic heterocycles. The fraction of sp³-hybridized carbons (Fsp3) is 0.333. The van der Waals surface area contributed by atoms with Gasteiger partial charge in [0.1, 0.15) is 11.4 Å². The number of nitrogens with zero attached hydrogens (tertiary/aromatic N) is 6. The van der Waals surface area contributed by atoms with Crippen LogP contribution >= 0.6 is 23.2 Å². The molecule has 4 heterocycles. The second kappa shape index (κ2) is 20.3. The third kappa shape index (κ3) is 10.9. The largest absolute Gasteiger partial charge is 0.486 e. The Labute approximate surface area is 404 Å². The number of anilines is 4. The summed E-state index contributed by atoms with van der Waals surface area (Å²) >= 11 is 12.1. The molecule has 3 fully saturated rings. The summed E-state index contributed by atoms with van der Waals surface area (Å²) in [5.41, 5.74) is 1.36. The van der Waals surface area contributed by atoms with Gasteiger partial charge >= 0.3 is 11.1 Å². The second-order valence-corrected chi connectivity index (χ2v) is 22.6. The van der Waals surface area contributed by atoms with Crippen LogP contribution in [0.15, 0.2) is 136 Å². The molecule has 68 heavy (non-hydrogen) atoms. The maximum absolute atomic E-state index is 13.5. The normalized spacial score (nSPS) is 16.4. The van der Waals surface area contributed by atoms with Gasteiger partial charge in [0, 0.05) is 60.6 Å². The zero-order valence-corrected chi connectivity index (χ0v) is 40.6. The van der Waals surface area contributed by atoms with E-state index >= 15 is 0 Å². The average Bonchev–Trinajstić information content (AvgIpc) is 4.09. The van der Waals surface area contributed by atoms with E-state index in [1.54, 1.807) is 115 Å². The number of aromatic nitrogens is 4. The lowest BCUT2D eigenvalue weighted by molar-refractivity contribution is 0.243. The molecule has 6 aromatic rings. The van der Waals surface area contributed by atoms with Gasteiger partial charge in [0.05, 0.1) is 40.4 Å². The highest BCUT2D eigenvalue weighted by atomic mass is 35.5. The number of H-pyrrole nitrogens is 1. The summed E-state index contributed by atoms with van der Waals surface area (Å²) < 4.78 is 64.6. The third-order valence-corrected chi connectivity index (χ3v) is 17.3. The SMILES string of the molecule is CC1(COc2c(N3CCC(S(=O)(=O)Nc4ccccc4)CC3)cnn(-c3cccc(Cl)c3)c2=O)CC1.CN(c1ccccc1)S(=O)(=O)C1CCN(c2c[nH]n(-c3cccc(Cl)c3)c(=O)c2=O)CC1. The molecule has 0 bridgehead atoms. The number of aromatic amines is 1. The first-order valence-corrected chi connectivity index (χ1v) is 26.0. The van der Waals surface area contributed by atoms with Crippen molar-refractivity contribution >= 4 is 66.0 Å². The van der Waals surface area contributed by atoms with Crippen molar-refractivity contribution in [1.82, 2.24) is 19.6 Å². The Balaban J connectivity index is 0.000000185. The van der Waals surface area contributed by atoms with E-state index in [1.807, 2.05) is 17.0 Å². The first-order chi connectivity index (χ1) is 32.5. The zero-order chi connectivity index (χ0) is 48.2. The number of hydrogen-bond acceptors (Lipinski definition) is 11. The van der Waals surface area contributed by atoms with Crippen LogP contribution in [0.2, 0.25) is 10.0 Å². The second-order valence-electron chi connectivity index (χ2n) is 17.5. The molecular formula is C48H52Cl2N8O8S2. The minimum atomic E-state index is -3.54.